The molecule has 92 valence electrons. The van der Waals surface area contributed by atoms with Crippen molar-refractivity contribution in [1.82, 2.24) is 19.9 Å². The molecule has 0 bridgehead atoms. The van der Waals surface area contributed by atoms with E-state index in [0.29, 0.717) is 18.4 Å². The number of nitrogens with one attached hydrogen (secondary N) is 1. The molecule has 0 atom stereocenters. The standard InChI is InChI=1S/C11H17N5O/c1-5-16-8(3)10(7(2)14-16)6-12-11-13-9(4)15-17-11/h5-6H2,1-4H3,(H,12,13,15). The van der Waals surface area contributed by atoms with Crippen LogP contribution in [0.5, 0.6) is 0 Å². The summed E-state index contributed by atoms with van der Waals surface area (Å²) in [5.41, 5.74) is 3.39. The lowest BCUT2D eigenvalue weighted by Crippen LogP contribution is -2.03. The normalized spacial score (nSPS) is 10.8. The average Bonchev–Trinajstić information content (AvgIpc) is 2.82. The number of rotatable bonds is 4. The minimum absolute atomic E-state index is 0.450. The van der Waals surface area contributed by atoms with E-state index in [2.05, 4.69) is 34.4 Å². The van der Waals surface area contributed by atoms with Crippen LogP contribution in [-0.4, -0.2) is 19.9 Å². The van der Waals surface area contributed by atoms with E-state index in [9.17, 15) is 0 Å². The molecule has 0 fully saturated rings. The van der Waals surface area contributed by atoms with E-state index >= 15 is 0 Å². The molecule has 2 heterocycles. The van der Waals surface area contributed by atoms with Crippen LogP contribution in [0.15, 0.2) is 4.52 Å². The lowest BCUT2D eigenvalue weighted by Gasteiger charge is -2.02. The highest BCUT2D eigenvalue weighted by Crippen LogP contribution is 2.14. The minimum Gasteiger partial charge on any atom is -0.334 e. The van der Waals surface area contributed by atoms with E-state index in [1.54, 1.807) is 6.92 Å². The largest absolute Gasteiger partial charge is 0.334 e. The van der Waals surface area contributed by atoms with Crippen LogP contribution in [0.2, 0.25) is 0 Å². The molecule has 1 N–H and O–H groups in total. The van der Waals surface area contributed by atoms with E-state index in [4.69, 9.17) is 4.52 Å². The van der Waals surface area contributed by atoms with Crippen LogP contribution in [0.1, 0.15) is 29.7 Å². The average molecular weight is 235 g/mol. The molecule has 0 aliphatic heterocycles. The maximum Gasteiger partial charge on any atom is 0.321 e. The second kappa shape index (κ2) is 4.57. The second-order valence-electron chi connectivity index (χ2n) is 3.97. The summed E-state index contributed by atoms with van der Waals surface area (Å²) in [4.78, 5) is 4.10. The third kappa shape index (κ3) is 2.30. The van der Waals surface area contributed by atoms with Gasteiger partial charge >= 0.3 is 6.01 Å². The Morgan fingerprint density at radius 2 is 2.06 bits per heavy atom. The first-order chi connectivity index (χ1) is 8.11. The maximum absolute atomic E-state index is 5.00. The molecule has 0 radical (unpaired) electrons. The van der Waals surface area contributed by atoms with Crippen LogP contribution in [-0.2, 0) is 13.1 Å². The molecule has 2 rings (SSSR count). The van der Waals surface area contributed by atoms with Gasteiger partial charge in [0.1, 0.15) is 0 Å². The molecule has 0 aliphatic rings. The Kier molecular flexibility index (Phi) is 3.12. The molecule has 6 heteroatoms. The van der Waals surface area contributed by atoms with Gasteiger partial charge in [0.15, 0.2) is 5.82 Å². The number of aryl methyl sites for hydroxylation is 3. The van der Waals surface area contributed by atoms with Gasteiger partial charge in [-0.05, 0) is 27.7 Å². The molecule has 0 saturated heterocycles. The van der Waals surface area contributed by atoms with Crippen molar-refractivity contribution in [1.29, 1.82) is 0 Å². The van der Waals surface area contributed by atoms with Gasteiger partial charge in [-0.25, -0.2) is 0 Å². The smallest absolute Gasteiger partial charge is 0.321 e. The highest BCUT2D eigenvalue weighted by atomic mass is 16.5. The summed E-state index contributed by atoms with van der Waals surface area (Å²) < 4.78 is 6.99. The van der Waals surface area contributed by atoms with Gasteiger partial charge in [-0.1, -0.05) is 5.16 Å². The van der Waals surface area contributed by atoms with E-state index in [-0.39, 0.29) is 0 Å². The first-order valence-corrected chi connectivity index (χ1v) is 5.69. The van der Waals surface area contributed by atoms with Crippen molar-refractivity contribution in [3.8, 4) is 0 Å². The predicted octanol–water partition coefficient (Wildman–Crippen LogP) is 1.82. The molecule has 17 heavy (non-hydrogen) atoms. The van der Waals surface area contributed by atoms with Crippen molar-refractivity contribution in [2.45, 2.75) is 40.8 Å². The van der Waals surface area contributed by atoms with Gasteiger partial charge in [-0.15, -0.1) is 0 Å². The number of nitrogens with zero attached hydrogens (tertiary/aromatic N) is 4. The van der Waals surface area contributed by atoms with Crippen molar-refractivity contribution < 1.29 is 4.52 Å². The van der Waals surface area contributed by atoms with Crippen molar-refractivity contribution in [3.63, 3.8) is 0 Å². The molecule has 0 amide bonds. The molecule has 0 unspecified atom stereocenters. The van der Waals surface area contributed by atoms with Crippen LogP contribution < -0.4 is 5.32 Å². The minimum atomic E-state index is 0.450. The van der Waals surface area contributed by atoms with Crippen LogP contribution in [0.3, 0.4) is 0 Å². The van der Waals surface area contributed by atoms with Crippen LogP contribution in [0, 0.1) is 20.8 Å². The number of hydrogen-bond acceptors (Lipinski definition) is 5. The van der Waals surface area contributed by atoms with Crippen LogP contribution in [0.4, 0.5) is 6.01 Å². The summed E-state index contributed by atoms with van der Waals surface area (Å²) in [6.45, 7) is 9.48. The van der Waals surface area contributed by atoms with Gasteiger partial charge in [0, 0.05) is 24.3 Å². The first kappa shape index (κ1) is 11.6. The van der Waals surface area contributed by atoms with E-state index < -0.39 is 0 Å². The Morgan fingerprint density at radius 1 is 1.29 bits per heavy atom. The third-order valence-corrected chi connectivity index (χ3v) is 2.77. The second-order valence-corrected chi connectivity index (χ2v) is 3.97. The van der Waals surface area contributed by atoms with E-state index in [1.807, 2.05) is 11.6 Å². The topological polar surface area (TPSA) is 68.8 Å². The fraction of sp³-hybridized carbons (Fsp3) is 0.545. The van der Waals surface area contributed by atoms with Crippen molar-refractivity contribution >= 4 is 6.01 Å². The first-order valence-electron chi connectivity index (χ1n) is 5.69. The summed E-state index contributed by atoms with van der Waals surface area (Å²) >= 11 is 0. The SMILES string of the molecule is CCn1nc(C)c(CNc2nc(C)no2)c1C. The molecule has 0 aromatic carbocycles. The Balaban J connectivity index is 2.11. The molecular formula is C11H17N5O. The number of aromatic nitrogens is 4. The Hall–Kier alpha value is -1.85. The Labute approximate surface area is 100 Å². The lowest BCUT2D eigenvalue weighted by molar-refractivity contribution is 0.425. The molecule has 2 aromatic heterocycles. The van der Waals surface area contributed by atoms with Crippen molar-refractivity contribution in [2.75, 3.05) is 5.32 Å². The van der Waals surface area contributed by atoms with E-state index in [1.165, 1.54) is 11.3 Å². The Morgan fingerprint density at radius 3 is 2.59 bits per heavy atom. The molecule has 0 spiro atoms. The van der Waals surface area contributed by atoms with Gasteiger partial charge < -0.3 is 9.84 Å². The molecule has 0 saturated carbocycles. The summed E-state index contributed by atoms with van der Waals surface area (Å²) in [7, 11) is 0. The highest BCUT2D eigenvalue weighted by molar-refractivity contribution is 5.29. The zero-order valence-corrected chi connectivity index (χ0v) is 10.6. The molecular weight excluding hydrogens is 218 g/mol. The fourth-order valence-electron chi connectivity index (χ4n) is 1.83. The van der Waals surface area contributed by atoms with Gasteiger partial charge in [0.2, 0.25) is 0 Å². The van der Waals surface area contributed by atoms with E-state index in [0.717, 1.165) is 12.2 Å². The summed E-state index contributed by atoms with van der Waals surface area (Å²) in [6, 6.07) is 0.450. The predicted molar refractivity (Wildman–Crippen MR) is 63.7 cm³/mol. The van der Waals surface area contributed by atoms with Crippen LogP contribution >= 0.6 is 0 Å². The number of hydrogen-bond donors (Lipinski definition) is 1. The zero-order chi connectivity index (χ0) is 12.4. The molecule has 2 aromatic rings. The lowest BCUT2D eigenvalue weighted by atomic mass is 10.2. The highest BCUT2D eigenvalue weighted by Gasteiger charge is 2.11. The summed E-state index contributed by atoms with van der Waals surface area (Å²) in [5, 5.41) is 11.3. The van der Waals surface area contributed by atoms with Gasteiger partial charge in [-0.2, -0.15) is 10.1 Å². The van der Waals surface area contributed by atoms with Gasteiger partial charge in [0.05, 0.1) is 5.69 Å². The Bertz CT molecular complexity index is 514. The fourth-order valence-corrected chi connectivity index (χ4v) is 1.83. The summed E-state index contributed by atoms with van der Waals surface area (Å²) in [6.07, 6.45) is 0. The molecule has 0 aliphatic carbocycles. The van der Waals surface area contributed by atoms with Crippen molar-refractivity contribution in [2.24, 2.45) is 0 Å². The summed E-state index contributed by atoms with van der Waals surface area (Å²) in [5.74, 6) is 0.630. The van der Waals surface area contributed by atoms with Crippen LogP contribution in [0.25, 0.3) is 0 Å². The van der Waals surface area contributed by atoms with Gasteiger partial charge in [-0.3, -0.25) is 4.68 Å². The molecule has 6 nitrogen and oxygen atoms in total. The zero-order valence-electron chi connectivity index (χ0n) is 10.6. The maximum atomic E-state index is 5.00. The third-order valence-electron chi connectivity index (χ3n) is 2.77. The monoisotopic (exact) mass is 235 g/mol. The van der Waals surface area contributed by atoms with Gasteiger partial charge in [0.25, 0.3) is 0 Å². The quantitative estimate of drug-likeness (QED) is 0.875. The van der Waals surface area contributed by atoms with Crippen molar-refractivity contribution in [3.05, 3.63) is 22.8 Å². The number of anilines is 1.